The molecule has 1 aliphatic heterocycles. The van der Waals surface area contributed by atoms with Crippen LogP contribution < -0.4 is 32.7 Å². The molecule has 0 unspecified atom stereocenters. The third-order valence-electron chi connectivity index (χ3n) is 7.41. The number of phenolic OH excluding ortho intramolecular Hbond substituents is 1. The van der Waals surface area contributed by atoms with Gasteiger partial charge in [-0.2, -0.15) is 0 Å². The van der Waals surface area contributed by atoms with E-state index in [2.05, 4.69) is 21.3 Å². The van der Waals surface area contributed by atoms with E-state index in [-0.39, 0.29) is 37.5 Å². The van der Waals surface area contributed by atoms with E-state index < -0.39 is 78.1 Å². The Labute approximate surface area is 265 Å². The zero-order valence-electron chi connectivity index (χ0n) is 25.8. The summed E-state index contributed by atoms with van der Waals surface area (Å²) >= 11 is 0. The number of guanidine groups is 1. The lowest BCUT2D eigenvalue weighted by Crippen LogP contribution is -2.59. The summed E-state index contributed by atoms with van der Waals surface area (Å²) in [5.74, 6) is -6.62. The molecule has 0 aromatic heterocycles. The number of phenols is 1. The number of amides is 4. The molecule has 2 rings (SSSR count). The Hall–Kier alpha value is -4.93. The highest BCUT2D eigenvalue weighted by atomic mass is 16.4. The minimum absolute atomic E-state index is 0.0173. The Bertz CT molecular complexity index is 1270. The lowest BCUT2D eigenvalue weighted by molar-refractivity contribution is -0.144. The Morgan fingerprint density at radius 2 is 1.65 bits per heavy atom. The molecule has 1 fully saturated rings. The Kier molecular flexibility index (Phi) is 14.2. The zero-order valence-corrected chi connectivity index (χ0v) is 25.8. The average Bonchev–Trinajstić information content (AvgIpc) is 3.47. The number of aliphatic carboxylic acids is 2. The summed E-state index contributed by atoms with van der Waals surface area (Å²) in [6, 6.07) is -0.484. The maximum Gasteiger partial charge on any atom is 0.326 e. The van der Waals surface area contributed by atoms with E-state index in [1.54, 1.807) is 13.8 Å². The van der Waals surface area contributed by atoms with E-state index in [1.165, 1.54) is 29.2 Å². The van der Waals surface area contributed by atoms with Gasteiger partial charge in [0.15, 0.2) is 5.96 Å². The van der Waals surface area contributed by atoms with Gasteiger partial charge in [-0.25, -0.2) is 4.79 Å². The number of hydrogen-bond donors (Lipinski definition) is 10. The number of carboxylic acid groups (broad SMARTS) is 2. The molecule has 0 saturated carbocycles. The van der Waals surface area contributed by atoms with Crippen molar-refractivity contribution in [3.63, 3.8) is 0 Å². The van der Waals surface area contributed by atoms with Gasteiger partial charge in [0, 0.05) is 19.5 Å². The quantitative estimate of drug-likeness (QED) is 0.0508. The largest absolute Gasteiger partial charge is 0.508 e. The molecule has 1 aliphatic rings. The van der Waals surface area contributed by atoms with Crippen LogP contribution in [0.4, 0.5) is 0 Å². The molecule has 17 nitrogen and oxygen atoms in total. The van der Waals surface area contributed by atoms with Crippen LogP contribution in [-0.4, -0.2) is 105 Å². The molecule has 1 saturated heterocycles. The predicted octanol–water partition coefficient (Wildman–Crippen LogP) is -1.81. The monoisotopic (exact) mass is 648 g/mol. The van der Waals surface area contributed by atoms with Crippen molar-refractivity contribution < 1.29 is 44.1 Å². The Morgan fingerprint density at radius 3 is 2.22 bits per heavy atom. The number of nitrogens with two attached hydrogens (primary N) is 2. The highest BCUT2D eigenvalue weighted by molar-refractivity contribution is 5.97. The molecule has 1 aromatic carbocycles. The van der Waals surface area contributed by atoms with Crippen LogP contribution in [0.2, 0.25) is 0 Å². The number of nitrogens with zero attached hydrogens (tertiary/aromatic N) is 1. The SMILES string of the molecule is CC(C)[C@H](NC(=O)[C@H](CC(=O)O)NC(=O)[C@H]1CCCN1C(=O)[C@@H](N)CCCNC(=N)N)C(=O)N[C@@H](Cc1ccc(O)cc1)C(=O)O. The normalized spacial score (nSPS) is 16.9. The van der Waals surface area contributed by atoms with E-state index in [4.69, 9.17) is 16.9 Å². The van der Waals surface area contributed by atoms with Crippen LogP contribution in [-0.2, 0) is 35.2 Å². The molecule has 254 valence electrons. The second-order valence-electron chi connectivity index (χ2n) is 11.4. The van der Waals surface area contributed by atoms with Crippen molar-refractivity contribution in [3.05, 3.63) is 29.8 Å². The van der Waals surface area contributed by atoms with Gasteiger partial charge >= 0.3 is 11.9 Å². The van der Waals surface area contributed by atoms with Crippen LogP contribution in [0.15, 0.2) is 24.3 Å². The number of carbonyl (C=O) groups excluding carboxylic acids is 4. The standard InChI is InChI=1S/C29H44N8O9/c1-15(2)23(26(43)35-20(28(45)46)13-16-7-9-17(38)10-8-16)36-24(41)19(14-22(39)40)34-25(42)21-6-4-12-37(21)27(44)18(30)5-3-11-33-29(31)32/h7-10,15,18-21,23,38H,3-6,11-14,30H2,1-2H3,(H,34,42)(H,35,43)(H,36,41)(H,39,40)(H,45,46)(H4,31,32,33)/t18-,19-,20-,21+,23-/m0/s1. The summed E-state index contributed by atoms with van der Waals surface area (Å²) in [6.07, 6.45) is 0.477. The third kappa shape index (κ3) is 11.5. The van der Waals surface area contributed by atoms with E-state index in [0.29, 0.717) is 24.9 Å². The molecule has 5 atom stereocenters. The lowest BCUT2D eigenvalue weighted by atomic mass is 10.0. The van der Waals surface area contributed by atoms with Crippen molar-refractivity contribution in [1.82, 2.24) is 26.2 Å². The van der Waals surface area contributed by atoms with Gasteiger partial charge in [-0.15, -0.1) is 0 Å². The molecule has 0 spiro atoms. The van der Waals surface area contributed by atoms with Crippen LogP contribution in [0.25, 0.3) is 0 Å². The van der Waals surface area contributed by atoms with Crippen LogP contribution in [0.3, 0.4) is 0 Å². The average molecular weight is 649 g/mol. The first-order valence-corrected chi connectivity index (χ1v) is 14.9. The molecule has 17 heteroatoms. The maximum atomic E-state index is 13.3. The van der Waals surface area contributed by atoms with Crippen molar-refractivity contribution in [2.24, 2.45) is 17.4 Å². The molecular formula is C29H44N8O9. The summed E-state index contributed by atoms with van der Waals surface area (Å²) in [7, 11) is 0. The van der Waals surface area contributed by atoms with Gasteiger partial charge < -0.3 is 53.0 Å². The van der Waals surface area contributed by atoms with E-state index in [9.17, 15) is 44.1 Å². The summed E-state index contributed by atoms with van der Waals surface area (Å²) < 4.78 is 0. The first-order valence-electron chi connectivity index (χ1n) is 14.9. The number of nitrogens with one attached hydrogen (secondary N) is 5. The molecule has 0 radical (unpaired) electrons. The first kappa shape index (κ1) is 37.3. The lowest BCUT2D eigenvalue weighted by Gasteiger charge is -2.29. The van der Waals surface area contributed by atoms with E-state index in [1.807, 2.05) is 0 Å². The van der Waals surface area contributed by atoms with Gasteiger partial charge in [0.25, 0.3) is 0 Å². The molecular weight excluding hydrogens is 604 g/mol. The van der Waals surface area contributed by atoms with Crippen LogP contribution in [0.1, 0.15) is 51.5 Å². The van der Waals surface area contributed by atoms with Crippen molar-refractivity contribution in [1.29, 1.82) is 5.41 Å². The van der Waals surface area contributed by atoms with Gasteiger partial charge in [-0.05, 0) is 49.3 Å². The Morgan fingerprint density at radius 1 is 1.00 bits per heavy atom. The minimum atomic E-state index is -1.62. The summed E-state index contributed by atoms with van der Waals surface area (Å²) in [5, 5.41) is 45.6. The number of benzene rings is 1. The van der Waals surface area contributed by atoms with Gasteiger partial charge in [0.05, 0.1) is 12.5 Å². The van der Waals surface area contributed by atoms with Crippen molar-refractivity contribution in [2.45, 2.75) is 82.6 Å². The molecule has 1 heterocycles. The van der Waals surface area contributed by atoms with Gasteiger partial charge in [-0.1, -0.05) is 26.0 Å². The summed E-state index contributed by atoms with van der Waals surface area (Å²) in [6.45, 7) is 3.74. The molecule has 12 N–H and O–H groups in total. The number of hydrogen-bond acceptors (Lipinski definition) is 9. The third-order valence-corrected chi connectivity index (χ3v) is 7.41. The fourth-order valence-electron chi connectivity index (χ4n) is 4.95. The fraction of sp³-hybridized carbons (Fsp3) is 0.552. The first-order chi connectivity index (χ1) is 21.6. The minimum Gasteiger partial charge on any atom is -0.508 e. The van der Waals surface area contributed by atoms with Gasteiger partial charge in [0.1, 0.15) is 29.9 Å². The molecule has 0 aliphatic carbocycles. The number of rotatable bonds is 17. The van der Waals surface area contributed by atoms with Crippen molar-refractivity contribution >= 4 is 41.5 Å². The predicted molar refractivity (Wildman–Crippen MR) is 164 cm³/mol. The maximum absolute atomic E-state index is 13.3. The van der Waals surface area contributed by atoms with Crippen molar-refractivity contribution in [2.75, 3.05) is 13.1 Å². The molecule has 1 aromatic rings. The summed E-state index contributed by atoms with van der Waals surface area (Å²) in [5.41, 5.74) is 11.8. The van der Waals surface area contributed by atoms with Crippen LogP contribution in [0.5, 0.6) is 5.75 Å². The highest BCUT2D eigenvalue weighted by Gasteiger charge is 2.38. The fourth-order valence-corrected chi connectivity index (χ4v) is 4.95. The van der Waals surface area contributed by atoms with Gasteiger partial charge in [-0.3, -0.25) is 29.4 Å². The molecule has 0 bridgehead atoms. The molecule has 46 heavy (non-hydrogen) atoms. The second-order valence-corrected chi connectivity index (χ2v) is 11.4. The van der Waals surface area contributed by atoms with Crippen LogP contribution in [0, 0.1) is 11.3 Å². The second kappa shape index (κ2) is 17.5. The van der Waals surface area contributed by atoms with E-state index >= 15 is 0 Å². The number of carbonyl (C=O) groups is 6. The summed E-state index contributed by atoms with van der Waals surface area (Å²) in [4.78, 5) is 77.5. The Balaban J connectivity index is 2.10. The number of likely N-dealkylation sites (tertiary alicyclic amines) is 1. The zero-order chi connectivity index (χ0) is 34.6. The van der Waals surface area contributed by atoms with Gasteiger partial charge in [0.2, 0.25) is 23.6 Å². The smallest absolute Gasteiger partial charge is 0.326 e. The number of aromatic hydroxyl groups is 1. The van der Waals surface area contributed by atoms with Crippen molar-refractivity contribution in [3.8, 4) is 5.75 Å². The topological polar surface area (TPSA) is 290 Å². The van der Waals surface area contributed by atoms with E-state index in [0.717, 1.165) is 0 Å². The number of carboxylic acids is 2. The molecule has 4 amide bonds. The highest BCUT2D eigenvalue weighted by Crippen LogP contribution is 2.20. The van der Waals surface area contributed by atoms with Crippen LogP contribution >= 0.6 is 0 Å².